The zero-order valence-corrected chi connectivity index (χ0v) is 17.7. The topological polar surface area (TPSA) is 254 Å². The van der Waals surface area contributed by atoms with Gasteiger partial charge in [-0.1, -0.05) is 0 Å². The number of rotatable bonds is 6. The van der Waals surface area contributed by atoms with E-state index in [1.165, 1.54) is 6.92 Å². The van der Waals surface area contributed by atoms with E-state index in [0.717, 1.165) is 0 Å². The third-order valence-electron chi connectivity index (χ3n) is 6.13. The first-order valence-electron chi connectivity index (χ1n) is 10.5. The molecule has 3 saturated heterocycles. The van der Waals surface area contributed by atoms with Crippen LogP contribution >= 0.6 is 0 Å². The van der Waals surface area contributed by atoms with Crippen LogP contribution in [0.3, 0.4) is 0 Å². The molecule has 15 heteroatoms. The first kappa shape index (κ1) is 27.0. The van der Waals surface area contributed by atoms with E-state index < -0.39 is 105 Å². The first-order valence-corrected chi connectivity index (χ1v) is 10.5. The third-order valence-corrected chi connectivity index (χ3v) is 6.13. The Hall–Kier alpha value is -0.600. The summed E-state index contributed by atoms with van der Waals surface area (Å²) < 4.78 is 27.3. The lowest BCUT2D eigenvalue weighted by atomic mass is 9.95. The Labute approximate surface area is 188 Å². The van der Waals surface area contributed by atoms with Crippen molar-refractivity contribution < 1.29 is 69.6 Å². The molecule has 194 valence electrons. The van der Waals surface area contributed by atoms with Gasteiger partial charge in [0.2, 0.25) is 0 Å². The number of hydrogen-bond acceptors (Lipinski definition) is 15. The Morgan fingerprint density at radius 2 is 1.15 bits per heavy atom. The van der Waals surface area contributed by atoms with Gasteiger partial charge in [0.05, 0.1) is 25.4 Å². The van der Waals surface area contributed by atoms with Gasteiger partial charge < -0.3 is 75.4 Å². The van der Waals surface area contributed by atoms with Crippen LogP contribution < -0.4 is 5.73 Å². The minimum Gasteiger partial charge on any atom is -0.394 e. The lowest BCUT2D eigenvalue weighted by Crippen LogP contribution is -2.68. The smallest absolute Gasteiger partial charge is 0.187 e. The summed E-state index contributed by atoms with van der Waals surface area (Å²) in [5, 5.41) is 89.7. The molecule has 3 aliphatic rings. The maximum Gasteiger partial charge on any atom is 0.187 e. The van der Waals surface area contributed by atoms with Gasteiger partial charge in [-0.15, -0.1) is 0 Å². The van der Waals surface area contributed by atoms with Crippen LogP contribution in [0.1, 0.15) is 6.92 Å². The van der Waals surface area contributed by atoms with Crippen molar-refractivity contribution in [3.8, 4) is 0 Å². The molecule has 3 heterocycles. The van der Waals surface area contributed by atoms with E-state index in [1.54, 1.807) is 0 Å². The number of aliphatic hydroxyl groups excluding tert-OH is 9. The summed E-state index contributed by atoms with van der Waals surface area (Å²) in [6.07, 6.45) is -21.1. The van der Waals surface area contributed by atoms with Crippen LogP contribution in [0.5, 0.6) is 0 Å². The molecule has 11 N–H and O–H groups in total. The molecule has 0 aromatic rings. The third kappa shape index (κ3) is 5.32. The van der Waals surface area contributed by atoms with Gasteiger partial charge in [-0.3, -0.25) is 0 Å². The fraction of sp³-hybridized carbons (Fsp3) is 1.00. The van der Waals surface area contributed by atoms with Crippen LogP contribution in [0.4, 0.5) is 0 Å². The predicted octanol–water partition coefficient (Wildman–Crippen LogP) is -6.58. The summed E-state index contributed by atoms with van der Waals surface area (Å²) in [7, 11) is 0. The van der Waals surface area contributed by atoms with Crippen LogP contribution in [-0.4, -0.2) is 151 Å². The summed E-state index contributed by atoms with van der Waals surface area (Å²) in [5.41, 5.74) is 5.99. The van der Waals surface area contributed by atoms with Crippen molar-refractivity contribution in [1.29, 1.82) is 0 Å². The Bertz CT molecular complexity index is 629. The summed E-state index contributed by atoms with van der Waals surface area (Å²) >= 11 is 0. The predicted molar refractivity (Wildman–Crippen MR) is 102 cm³/mol. The summed E-state index contributed by atoms with van der Waals surface area (Å²) in [6.45, 7) is -0.00630. The van der Waals surface area contributed by atoms with Crippen molar-refractivity contribution >= 4 is 0 Å². The van der Waals surface area contributed by atoms with Gasteiger partial charge in [0, 0.05) is 0 Å². The van der Waals surface area contributed by atoms with Gasteiger partial charge in [-0.25, -0.2) is 0 Å². The van der Waals surface area contributed by atoms with Gasteiger partial charge in [0.15, 0.2) is 18.9 Å². The molecule has 0 amide bonds. The summed E-state index contributed by atoms with van der Waals surface area (Å²) in [4.78, 5) is 0. The Morgan fingerprint density at radius 1 is 0.636 bits per heavy atom. The lowest BCUT2D eigenvalue weighted by Gasteiger charge is -2.48. The van der Waals surface area contributed by atoms with Gasteiger partial charge in [0.25, 0.3) is 0 Å². The standard InChI is InChI=1S/C18H33NO14/c1-4-8(22)10(24)12(26)17(29-4)32-14-6(3-21)30-16(28)7(19)15(14)33-18-13(27)11(25)9(23)5(2-20)31-18/h4-18,20-28H,2-3,19H2,1H3/t4-,5+,6+,7+,8+,9-,10+,11-,12-,13+,14+,15+,16+,17-,18-/m0/s1. The molecular formula is C18H33NO14. The molecule has 33 heavy (non-hydrogen) atoms. The van der Waals surface area contributed by atoms with E-state index in [4.69, 9.17) is 29.4 Å². The quantitative estimate of drug-likeness (QED) is 0.167. The highest BCUT2D eigenvalue weighted by molar-refractivity contribution is 4.97. The zero-order valence-electron chi connectivity index (χ0n) is 17.7. The summed E-state index contributed by atoms with van der Waals surface area (Å²) in [6, 6.07) is -1.36. The molecule has 3 aliphatic heterocycles. The van der Waals surface area contributed by atoms with Crippen LogP contribution in [0.25, 0.3) is 0 Å². The van der Waals surface area contributed by atoms with E-state index in [0.29, 0.717) is 0 Å². The fourth-order valence-electron chi connectivity index (χ4n) is 4.04. The molecule has 0 aromatic heterocycles. The van der Waals surface area contributed by atoms with Crippen LogP contribution in [-0.2, 0) is 23.7 Å². The largest absolute Gasteiger partial charge is 0.394 e. The van der Waals surface area contributed by atoms with Crippen molar-refractivity contribution in [3.63, 3.8) is 0 Å². The molecule has 0 bridgehead atoms. The van der Waals surface area contributed by atoms with Gasteiger partial charge in [-0.05, 0) is 6.92 Å². The highest BCUT2D eigenvalue weighted by Crippen LogP contribution is 2.32. The molecule has 0 radical (unpaired) electrons. The molecule has 15 nitrogen and oxygen atoms in total. The van der Waals surface area contributed by atoms with Gasteiger partial charge in [0.1, 0.15) is 61.0 Å². The molecule has 3 fully saturated rings. The van der Waals surface area contributed by atoms with E-state index >= 15 is 0 Å². The normalized spacial score (nSPS) is 53.7. The average molecular weight is 487 g/mol. The fourth-order valence-corrected chi connectivity index (χ4v) is 4.04. The second kappa shape index (κ2) is 11.0. The Kier molecular flexibility index (Phi) is 8.99. The van der Waals surface area contributed by atoms with Crippen molar-refractivity contribution in [2.45, 2.75) is 99.0 Å². The maximum absolute atomic E-state index is 10.3. The molecular weight excluding hydrogens is 454 g/mol. The number of nitrogens with two attached hydrogens (primary N) is 1. The second-order valence-corrected chi connectivity index (χ2v) is 8.41. The van der Waals surface area contributed by atoms with E-state index in [2.05, 4.69) is 0 Å². The highest BCUT2D eigenvalue weighted by Gasteiger charge is 2.53. The Morgan fingerprint density at radius 3 is 1.73 bits per heavy atom. The van der Waals surface area contributed by atoms with E-state index in [1.807, 2.05) is 0 Å². The number of hydrogen-bond donors (Lipinski definition) is 10. The monoisotopic (exact) mass is 487 g/mol. The minimum absolute atomic E-state index is 0.716. The van der Waals surface area contributed by atoms with Crippen molar-refractivity contribution in [1.82, 2.24) is 0 Å². The van der Waals surface area contributed by atoms with Crippen LogP contribution in [0.2, 0.25) is 0 Å². The van der Waals surface area contributed by atoms with Gasteiger partial charge in [-0.2, -0.15) is 0 Å². The van der Waals surface area contributed by atoms with Crippen molar-refractivity contribution in [2.75, 3.05) is 13.2 Å². The Balaban J connectivity index is 1.83. The SMILES string of the molecule is C[C@@H]1O[C@@H](O[C@H]2[C@H](O[C@@H]3O[C@H](CO)[C@H](O)[C@H](O)[C@H]3O)[C@@H](N)[C@H](O)O[C@@H]2CO)[C@@H](O)[C@H](O)[C@@H]1O. The van der Waals surface area contributed by atoms with Crippen LogP contribution in [0, 0.1) is 0 Å². The second-order valence-electron chi connectivity index (χ2n) is 8.41. The molecule has 0 aromatic carbocycles. The minimum atomic E-state index is -1.79. The average Bonchev–Trinajstić information content (AvgIpc) is 2.80. The molecule has 0 spiro atoms. The molecule has 0 unspecified atom stereocenters. The molecule has 0 aliphatic carbocycles. The van der Waals surface area contributed by atoms with Crippen molar-refractivity contribution in [2.24, 2.45) is 5.73 Å². The highest BCUT2D eigenvalue weighted by atomic mass is 16.7. The van der Waals surface area contributed by atoms with Crippen LogP contribution in [0.15, 0.2) is 0 Å². The first-order chi connectivity index (χ1) is 15.5. The lowest BCUT2D eigenvalue weighted by molar-refractivity contribution is -0.369. The molecule has 0 saturated carbocycles. The number of aliphatic hydroxyl groups is 9. The summed E-state index contributed by atoms with van der Waals surface area (Å²) in [5.74, 6) is 0. The molecule has 3 rings (SSSR count). The van der Waals surface area contributed by atoms with E-state index in [-0.39, 0.29) is 0 Å². The number of ether oxygens (including phenoxy) is 5. The van der Waals surface area contributed by atoms with E-state index in [9.17, 15) is 46.0 Å². The van der Waals surface area contributed by atoms with Crippen molar-refractivity contribution in [3.05, 3.63) is 0 Å². The maximum atomic E-state index is 10.3. The zero-order chi connectivity index (χ0) is 24.6. The molecule has 15 atom stereocenters. The van der Waals surface area contributed by atoms with Gasteiger partial charge >= 0.3 is 0 Å².